The molecule has 0 N–H and O–H groups in total. The first-order chi connectivity index (χ1) is 7.66. The number of halogens is 1. The van der Waals surface area contributed by atoms with E-state index in [1.165, 1.54) is 6.33 Å². The minimum atomic E-state index is 0.346. The molecular weight excluding hydrogens is 244 g/mol. The van der Waals surface area contributed by atoms with Gasteiger partial charge in [-0.15, -0.1) is 11.8 Å². The molecule has 0 unspecified atom stereocenters. The maximum absolute atomic E-state index is 6.08. The Hall–Kier alpha value is -0.320. The maximum atomic E-state index is 6.08. The van der Waals surface area contributed by atoms with E-state index in [9.17, 15) is 0 Å². The molecule has 0 aliphatic heterocycles. The summed E-state index contributed by atoms with van der Waals surface area (Å²) in [7, 11) is 1.71. The number of hydrogen-bond acceptors (Lipinski definition) is 4. The molecule has 0 radical (unpaired) electrons. The highest BCUT2D eigenvalue weighted by atomic mass is 35.5. The summed E-state index contributed by atoms with van der Waals surface area (Å²) in [4.78, 5) is 8.31. The SMILES string of the molecule is COCCCSc1ncnc(Cl)c1C(C)C. The smallest absolute Gasteiger partial charge is 0.137 e. The van der Waals surface area contributed by atoms with E-state index in [0.717, 1.165) is 29.4 Å². The van der Waals surface area contributed by atoms with Crippen LogP contribution in [-0.4, -0.2) is 29.4 Å². The molecule has 5 heteroatoms. The highest BCUT2D eigenvalue weighted by molar-refractivity contribution is 7.99. The van der Waals surface area contributed by atoms with Crippen LogP contribution in [0.1, 0.15) is 31.7 Å². The summed E-state index contributed by atoms with van der Waals surface area (Å²) in [5.74, 6) is 1.33. The summed E-state index contributed by atoms with van der Waals surface area (Å²) in [5, 5.41) is 1.56. The molecule has 0 amide bonds. The fourth-order valence-electron chi connectivity index (χ4n) is 1.33. The number of rotatable bonds is 6. The van der Waals surface area contributed by atoms with Crippen molar-refractivity contribution >= 4 is 23.4 Å². The zero-order chi connectivity index (χ0) is 12.0. The summed E-state index contributed by atoms with van der Waals surface area (Å²) in [6, 6.07) is 0. The van der Waals surface area contributed by atoms with Gasteiger partial charge in [0.2, 0.25) is 0 Å². The highest BCUT2D eigenvalue weighted by Crippen LogP contribution is 2.31. The third-order valence-electron chi connectivity index (χ3n) is 2.11. The first kappa shape index (κ1) is 13.7. The van der Waals surface area contributed by atoms with Gasteiger partial charge < -0.3 is 4.74 Å². The lowest BCUT2D eigenvalue weighted by atomic mass is 10.1. The van der Waals surface area contributed by atoms with Crippen LogP contribution in [0.3, 0.4) is 0 Å². The van der Waals surface area contributed by atoms with Gasteiger partial charge in [0.1, 0.15) is 16.5 Å². The fourth-order valence-corrected chi connectivity index (χ4v) is 2.80. The minimum absolute atomic E-state index is 0.346. The van der Waals surface area contributed by atoms with Crippen molar-refractivity contribution in [2.75, 3.05) is 19.5 Å². The summed E-state index contributed by atoms with van der Waals surface area (Å²) >= 11 is 7.79. The Morgan fingerprint density at radius 1 is 1.44 bits per heavy atom. The Morgan fingerprint density at radius 2 is 2.19 bits per heavy atom. The molecule has 1 heterocycles. The molecule has 3 nitrogen and oxygen atoms in total. The second-order valence-electron chi connectivity index (χ2n) is 3.73. The molecule has 1 aromatic heterocycles. The average molecular weight is 261 g/mol. The number of aromatic nitrogens is 2. The molecule has 16 heavy (non-hydrogen) atoms. The third-order valence-corrected chi connectivity index (χ3v) is 3.50. The molecule has 90 valence electrons. The van der Waals surface area contributed by atoms with Crippen LogP contribution in [0.25, 0.3) is 0 Å². The van der Waals surface area contributed by atoms with E-state index >= 15 is 0 Å². The van der Waals surface area contributed by atoms with E-state index in [4.69, 9.17) is 16.3 Å². The van der Waals surface area contributed by atoms with Crippen LogP contribution >= 0.6 is 23.4 Å². The average Bonchev–Trinajstić information content (AvgIpc) is 2.24. The number of ether oxygens (including phenoxy) is 1. The van der Waals surface area contributed by atoms with Gasteiger partial charge in [-0.1, -0.05) is 25.4 Å². The van der Waals surface area contributed by atoms with Crippen LogP contribution in [0.5, 0.6) is 0 Å². The Balaban J connectivity index is 2.67. The van der Waals surface area contributed by atoms with Crippen molar-refractivity contribution in [3.63, 3.8) is 0 Å². The zero-order valence-corrected chi connectivity index (χ0v) is 11.4. The van der Waals surface area contributed by atoms with Gasteiger partial charge in [0.15, 0.2) is 0 Å². The van der Waals surface area contributed by atoms with E-state index in [1.54, 1.807) is 18.9 Å². The van der Waals surface area contributed by atoms with Crippen LogP contribution in [0.4, 0.5) is 0 Å². The summed E-state index contributed by atoms with van der Waals surface area (Å²) in [5.41, 5.74) is 1.05. The first-order valence-corrected chi connectivity index (χ1v) is 6.65. The van der Waals surface area contributed by atoms with Crippen molar-refractivity contribution in [3.8, 4) is 0 Å². The van der Waals surface area contributed by atoms with Crippen molar-refractivity contribution in [2.24, 2.45) is 0 Å². The van der Waals surface area contributed by atoms with Gasteiger partial charge in [-0.05, 0) is 12.3 Å². The molecule has 0 aliphatic carbocycles. The van der Waals surface area contributed by atoms with E-state index in [2.05, 4.69) is 23.8 Å². The van der Waals surface area contributed by atoms with Crippen molar-refractivity contribution < 1.29 is 4.74 Å². The Morgan fingerprint density at radius 3 is 2.81 bits per heavy atom. The third kappa shape index (κ3) is 3.92. The largest absolute Gasteiger partial charge is 0.385 e. The molecule has 0 saturated heterocycles. The Bertz CT molecular complexity index is 334. The Labute approximate surface area is 106 Å². The molecule has 0 saturated carbocycles. The van der Waals surface area contributed by atoms with Gasteiger partial charge in [0, 0.05) is 25.0 Å². The minimum Gasteiger partial charge on any atom is -0.385 e. The first-order valence-electron chi connectivity index (χ1n) is 5.29. The molecule has 0 aromatic carbocycles. The molecule has 0 atom stereocenters. The number of methoxy groups -OCH3 is 1. The molecule has 0 aliphatic rings. The van der Waals surface area contributed by atoms with E-state index in [0.29, 0.717) is 11.1 Å². The second kappa shape index (κ2) is 7.09. The van der Waals surface area contributed by atoms with Crippen molar-refractivity contribution in [2.45, 2.75) is 31.2 Å². The van der Waals surface area contributed by atoms with Gasteiger partial charge in [-0.25, -0.2) is 9.97 Å². The molecule has 0 fully saturated rings. The number of hydrogen-bond donors (Lipinski definition) is 0. The van der Waals surface area contributed by atoms with Gasteiger partial charge in [-0.3, -0.25) is 0 Å². The predicted molar refractivity (Wildman–Crippen MR) is 68.3 cm³/mol. The van der Waals surface area contributed by atoms with Gasteiger partial charge in [0.25, 0.3) is 0 Å². The number of nitrogens with zero attached hydrogens (tertiary/aromatic N) is 2. The maximum Gasteiger partial charge on any atom is 0.137 e. The van der Waals surface area contributed by atoms with Gasteiger partial charge >= 0.3 is 0 Å². The fraction of sp³-hybridized carbons (Fsp3) is 0.636. The second-order valence-corrected chi connectivity index (χ2v) is 5.17. The summed E-state index contributed by atoms with van der Waals surface area (Å²) in [6.45, 7) is 4.98. The predicted octanol–water partition coefficient (Wildman–Crippen LogP) is 3.38. The van der Waals surface area contributed by atoms with Crippen molar-refractivity contribution in [1.82, 2.24) is 9.97 Å². The van der Waals surface area contributed by atoms with Crippen LogP contribution in [0.15, 0.2) is 11.4 Å². The lowest BCUT2D eigenvalue weighted by molar-refractivity contribution is 0.200. The van der Waals surface area contributed by atoms with Crippen LogP contribution < -0.4 is 0 Å². The summed E-state index contributed by atoms with van der Waals surface area (Å²) in [6.07, 6.45) is 2.53. The lowest BCUT2D eigenvalue weighted by Crippen LogP contribution is -1.99. The van der Waals surface area contributed by atoms with Crippen molar-refractivity contribution in [3.05, 3.63) is 17.0 Å². The standard InChI is InChI=1S/C11H17ClN2OS/c1-8(2)9-10(12)13-7-14-11(9)16-6-4-5-15-3/h7-8H,4-6H2,1-3H3. The van der Waals surface area contributed by atoms with Crippen LogP contribution in [-0.2, 0) is 4.74 Å². The van der Waals surface area contributed by atoms with E-state index in [-0.39, 0.29) is 0 Å². The zero-order valence-electron chi connectivity index (χ0n) is 9.86. The quantitative estimate of drug-likeness (QED) is 0.446. The normalized spacial score (nSPS) is 11.1. The van der Waals surface area contributed by atoms with E-state index in [1.807, 2.05) is 0 Å². The molecular formula is C11H17ClN2OS. The molecule has 0 spiro atoms. The topological polar surface area (TPSA) is 35.0 Å². The molecule has 0 bridgehead atoms. The van der Waals surface area contributed by atoms with E-state index < -0.39 is 0 Å². The van der Waals surface area contributed by atoms with Crippen LogP contribution in [0, 0.1) is 0 Å². The highest BCUT2D eigenvalue weighted by Gasteiger charge is 2.13. The van der Waals surface area contributed by atoms with Crippen LogP contribution in [0.2, 0.25) is 5.15 Å². The summed E-state index contributed by atoms with van der Waals surface area (Å²) < 4.78 is 5.01. The van der Waals surface area contributed by atoms with Gasteiger partial charge in [0.05, 0.1) is 0 Å². The monoisotopic (exact) mass is 260 g/mol. The Kier molecular flexibility index (Phi) is 6.09. The molecule has 1 aromatic rings. The van der Waals surface area contributed by atoms with Crippen molar-refractivity contribution in [1.29, 1.82) is 0 Å². The molecule has 1 rings (SSSR count). The number of thioether (sulfide) groups is 1. The lowest BCUT2D eigenvalue weighted by Gasteiger charge is -2.11. The van der Waals surface area contributed by atoms with Gasteiger partial charge in [-0.2, -0.15) is 0 Å².